The van der Waals surface area contributed by atoms with E-state index >= 15 is 0 Å². The van der Waals surface area contributed by atoms with E-state index in [4.69, 9.17) is 0 Å². The van der Waals surface area contributed by atoms with Gasteiger partial charge in [-0.3, -0.25) is 9.48 Å². The molecule has 3 aromatic rings. The van der Waals surface area contributed by atoms with Gasteiger partial charge in [0.1, 0.15) is 23.0 Å². The molecule has 9 heteroatoms. The first-order valence-corrected chi connectivity index (χ1v) is 9.43. The molecule has 0 aliphatic carbocycles. The number of piperazine rings is 1. The van der Waals surface area contributed by atoms with E-state index in [2.05, 4.69) is 31.3 Å². The number of likely N-dealkylation sites (N-methyl/N-ethyl adjacent to an activating group) is 1. The highest BCUT2D eigenvalue weighted by Gasteiger charge is 2.29. The summed E-state index contributed by atoms with van der Waals surface area (Å²) in [6.45, 7) is 2.87. The fraction of sp³-hybridized carbons (Fsp3) is 0.412. The van der Waals surface area contributed by atoms with Crippen molar-refractivity contribution < 1.29 is 4.79 Å². The van der Waals surface area contributed by atoms with Crippen molar-refractivity contribution >= 4 is 33.3 Å². The van der Waals surface area contributed by atoms with E-state index < -0.39 is 0 Å². The monoisotopic (exact) mass is 371 g/mol. The number of aryl methyl sites for hydroxylation is 1. The van der Waals surface area contributed by atoms with Gasteiger partial charge in [-0.25, -0.2) is 9.97 Å². The highest BCUT2D eigenvalue weighted by molar-refractivity contribution is 7.16. The van der Waals surface area contributed by atoms with Crippen LogP contribution >= 0.6 is 11.3 Å². The minimum Gasteiger partial charge on any atom is -0.352 e. The summed E-state index contributed by atoms with van der Waals surface area (Å²) in [7, 11) is 3.66. The van der Waals surface area contributed by atoms with Gasteiger partial charge in [-0.1, -0.05) is 0 Å². The molecule has 1 saturated heterocycles. The second-order valence-corrected chi connectivity index (χ2v) is 7.21. The lowest BCUT2D eigenvalue weighted by molar-refractivity contribution is -0.133. The smallest absolute Gasteiger partial charge is 0.244 e. The third-order valence-corrected chi connectivity index (χ3v) is 5.55. The predicted octanol–water partition coefficient (Wildman–Crippen LogP) is 1.03. The van der Waals surface area contributed by atoms with Crippen LogP contribution in [0.15, 0.2) is 30.2 Å². The maximum absolute atomic E-state index is 12.9. The summed E-state index contributed by atoms with van der Waals surface area (Å²) in [6, 6.07) is 1.70. The maximum Gasteiger partial charge on any atom is 0.244 e. The number of fused-ring (bicyclic) bond motifs is 1. The van der Waals surface area contributed by atoms with Crippen molar-refractivity contribution in [2.24, 2.45) is 7.05 Å². The molecule has 3 aromatic heterocycles. The average Bonchev–Trinajstić information content (AvgIpc) is 3.31. The summed E-state index contributed by atoms with van der Waals surface area (Å²) >= 11 is 1.62. The molecule has 0 bridgehead atoms. The van der Waals surface area contributed by atoms with Gasteiger partial charge in [0, 0.05) is 45.0 Å². The summed E-state index contributed by atoms with van der Waals surface area (Å²) < 4.78 is 1.71. The third-order valence-electron chi connectivity index (χ3n) is 4.73. The third kappa shape index (κ3) is 3.04. The zero-order valence-corrected chi connectivity index (χ0v) is 15.6. The van der Waals surface area contributed by atoms with E-state index in [1.807, 2.05) is 23.5 Å². The molecular weight excluding hydrogens is 350 g/mol. The number of nitrogens with zero attached hydrogens (tertiary/aromatic N) is 6. The highest BCUT2D eigenvalue weighted by Crippen LogP contribution is 2.27. The van der Waals surface area contributed by atoms with Gasteiger partial charge in [-0.2, -0.15) is 5.10 Å². The fourth-order valence-electron chi connectivity index (χ4n) is 3.37. The number of carbonyl (C=O) groups excluding carboxylic acids is 1. The van der Waals surface area contributed by atoms with E-state index in [0.717, 1.165) is 34.7 Å². The van der Waals surface area contributed by atoms with Crippen molar-refractivity contribution in [3.05, 3.63) is 35.7 Å². The highest BCUT2D eigenvalue weighted by atomic mass is 32.1. The fourth-order valence-corrected chi connectivity index (χ4v) is 4.10. The second-order valence-electron chi connectivity index (χ2n) is 6.32. The lowest BCUT2D eigenvalue weighted by Crippen LogP contribution is -2.51. The van der Waals surface area contributed by atoms with Crippen LogP contribution in [0.25, 0.3) is 10.2 Å². The molecule has 1 fully saturated rings. The summed E-state index contributed by atoms with van der Waals surface area (Å²) in [4.78, 5) is 26.9. The first-order chi connectivity index (χ1) is 12.7. The van der Waals surface area contributed by atoms with Crippen LogP contribution in [0.5, 0.6) is 0 Å². The van der Waals surface area contributed by atoms with Crippen molar-refractivity contribution in [1.82, 2.24) is 30.0 Å². The van der Waals surface area contributed by atoms with E-state index in [0.29, 0.717) is 13.1 Å². The molecule has 4 rings (SSSR count). The summed E-state index contributed by atoms with van der Waals surface area (Å²) in [5.74, 6) is 1.05. The Kier molecular flexibility index (Phi) is 4.56. The minimum atomic E-state index is -0.363. The first-order valence-electron chi connectivity index (χ1n) is 8.55. The molecule has 0 aromatic carbocycles. The Bertz CT molecular complexity index is 913. The standard InChI is InChI=1S/C17H21N7OS/c1-18-14(12-9-21-22(2)10-12)17(25)24-6-4-23(5-7-24)15-13-3-8-26-16(13)20-11-19-15/h3,8-11,14,18H,4-7H2,1-2H3. The molecule has 136 valence electrons. The van der Waals surface area contributed by atoms with E-state index in [1.54, 1.807) is 35.6 Å². The zero-order chi connectivity index (χ0) is 18.1. The summed E-state index contributed by atoms with van der Waals surface area (Å²) in [5.41, 5.74) is 0.887. The normalized spacial score (nSPS) is 16.2. The van der Waals surface area contributed by atoms with Gasteiger partial charge in [-0.15, -0.1) is 11.3 Å². The number of amides is 1. The Hall–Kier alpha value is -2.52. The maximum atomic E-state index is 12.9. The van der Waals surface area contributed by atoms with Crippen LogP contribution in [-0.4, -0.2) is 63.8 Å². The molecule has 4 heterocycles. The van der Waals surface area contributed by atoms with Gasteiger partial charge in [0.2, 0.25) is 5.91 Å². The second kappa shape index (κ2) is 7.00. The first kappa shape index (κ1) is 16.9. The molecular formula is C17H21N7OS. The van der Waals surface area contributed by atoms with Crippen molar-refractivity contribution in [1.29, 1.82) is 0 Å². The molecule has 0 saturated carbocycles. The average molecular weight is 371 g/mol. The molecule has 1 amide bonds. The van der Waals surface area contributed by atoms with Crippen LogP contribution in [0.1, 0.15) is 11.6 Å². The van der Waals surface area contributed by atoms with Crippen LogP contribution in [0, 0.1) is 0 Å². The topological polar surface area (TPSA) is 79.2 Å². The van der Waals surface area contributed by atoms with Crippen molar-refractivity contribution in [3.8, 4) is 0 Å². The Morgan fingerprint density at radius 2 is 2.08 bits per heavy atom. The molecule has 1 atom stereocenters. The Labute approximate surface area is 155 Å². The number of hydrogen-bond donors (Lipinski definition) is 1. The summed E-state index contributed by atoms with van der Waals surface area (Å²) in [6.07, 6.45) is 5.23. The van der Waals surface area contributed by atoms with Crippen LogP contribution in [-0.2, 0) is 11.8 Å². The molecule has 1 aliphatic heterocycles. The zero-order valence-electron chi connectivity index (χ0n) is 14.8. The summed E-state index contributed by atoms with van der Waals surface area (Å²) in [5, 5.41) is 10.4. The van der Waals surface area contributed by atoms with E-state index in [-0.39, 0.29) is 11.9 Å². The van der Waals surface area contributed by atoms with Gasteiger partial charge >= 0.3 is 0 Å². The number of aromatic nitrogens is 4. The number of thiophene rings is 1. The quantitative estimate of drug-likeness (QED) is 0.738. The number of hydrogen-bond acceptors (Lipinski definition) is 7. The van der Waals surface area contributed by atoms with Gasteiger partial charge < -0.3 is 15.1 Å². The van der Waals surface area contributed by atoms with Crippen molar-refractivity contribution in [2.75, 3.05) is 38.1 Å². The molecule has 1 aliphatic rings. The SMILES string of the molecule is CNC(C(=O)N1CCN(c2ncnc3sccc23)CC1)c1cnn(C)c1. The van der Waals surface area contributed by atoms with Gasteiger partial charge in [0.25, 0.3) is 0 Å². The Morgan fingerprint density at radius 3 is 2.77 bits per heavy atom. The van der Waals surface area contributed by atoms with E-state index in [9.17, 15) is 4.79 Å². The van der Waals surface area contributed by atoms with Crippen LogP contribution in [0.3, 0.4) is 0 Å². The van der Waals surface area contributed by atoms with Crippen molar-refractivity contribution in [2.45, 2.75) is 6.04 Å². The van der Waals surface area contributed by atoms with E-state index in [1.165, 1.54) is 0 Å². The van der Waals surface area contributed by atoms with Gasteiger partial charge in [-0.05, 0) is 18.5 Å². The lowest BCUT2D eigenvalue weighted by Gasteiger charge is -2.37. The molecule has 0 radical (unpaired) electrons. The largest absolute Gasteiger partial charge is 0.352 e. The van der Waals surface area contributed by atoms with Crippen LogP contribution < -0.4 is 10.2 Å². The molecule has 1 unspecified atom stereocenters. The molecule has 8 nitrogen and oxygen atoms in total. The Morgan fingerprint density at radius 1 is 1.27 bits per heavy atom. The molecule has 26 heavy (non-hydrogen) atoms. The van der Waals surface area contributed by atoms with Crippen LogP contribution in [0.4, 0.5) is 5.82 Å². The number of nitrogens with one attached hydrogen (secondary N) is 1. The molecule has 0 spiro atoms. The van der Waals surface area contributed by atoms with Crippen molar-refractivity contribution in [3.63, 3.8) is 0 Å². The Balaban J connectivity index is 1.46. The minimum absolute atomic E-state index is 0.0866. The lowest BCUT2D eigenvalue weighted by atomic mass is 10.1. The van der Waals surface area contributed by atoms with Crippen LogP contribution in [0.2, 0.25) is 0 Å². The number of rotatable bonds is 4. The number of carbonyl (C=O) groups is 1. The van der Waals surface area contributed by atoms with Gasteiger partial charge in [0.15, 0.2) is 0 Å². The van der Waals surface area contributed by atoms with Gasteiger partial charge in [0.05, 0.1) is 11.6 Å². The predicted molar refractivity (Wildman–Crippen MR) is 101 cm³/mol. The molecule has 1 N–H and O–H groups in total. The number of anilines is 1.